The van der Waals surface area contributed by atoms with Gasteiger partial charge in [0.05, 0.1) is 8.07 Å². The predicted octanol–water partition coefficient (Wildman–Crippen LogP) is 5.71. The van der Waals surface area contributed by atoms with Crippen LogP contribution in [0.25, 0.3) is 0 Å². The quantitative estimate of drug-likeness (QED) is 0.283. The highest BCUT2D eigenvalue weighted by Crippen LogP contribution is 2.39. The molecule has 1 aromatic rings. The molecule has 0 radical (unpaired) electrons. The van der Waals surface area contributed by atoms with Gasteiger partial charge in [-0.15, -0.1) is 0 Å². The van der Waals surface area contributed by atoms with E-state index in [4.69, 9.17) is 0 Å². The molecule has 0 fully saturated rings. The third-order valence-corrected chi connectivity index (χ3v) is 10.6. The fraction of sp³-hybridized carbons (Fsp3) is 0.625. The molecular weight excluding hydrogens is 330 g/mol. The maximum Gasteiger partial charge on any atom is 0.181 e. The highest BCUT2D eigenvalue weighted by molar-refractivity contribution is 9.10. The fourth-order valence-corrected chi connectivity index (χ4v) is 4.15. The summed E-state index contributed by atoms with van der Waals surface area (Å²) in [5.74, 6) is 0.154. The zero-order chi connectivity index (χ0) is 15.4. The first-order valence-corrected chi connectivity index (χ1v) is 11.3. The second-order valence-electron chi connectivity index (χ2n) is 7.11. The number of hydrogen-bond donors (Lipinski definition) is 0. The van der Waals surface area contributed by atoms with Gasteiger partial charge in [-0.2, -0.15) is 0 Å². The molecule has 0 bridgehead atoms. The first-order valence-electron chi connectivity index (χ1n) is 7.29. The molecule has 4 heteroatoms. The summed E-state index contributed by atoms with van der Waals surface area (Å²) < 4.78 is 0.727. The normalized spacial score (nSPS) is 12.5. The summed E-state index contributed by atoms with van der Waals surface area (Å²) in [6, 6.07) is 6.78. The number of halogens is 1. The zero-order valence-corrected chi connectivity index (χ0v) is 15.9. The summed E-state index contributed by atoms with van der Waals surface area (Å²) in [7, 11) is -1.20. The lowest BCUT2D eigenvalue weighted by Gasteiger charge is -2.37. The van der Waals surface area contributed by atoms with Crippen molar-refractivity contribution in [3.63, 3.8) is 0 Å². The van der Waals surface area contributed by atoms with Crippen LogP contribution >= 0.6 is 15.9 Å². The Morgan fingerprint density at radius 1 is 1.25 bits per heavy atom. The van der Waals surface area contributed by atoms with Crippen molar-refractivity contribution < 1.29 is 4.79 Å². The average molecular weight is 356 g/mol. The molecule has 1 heterocycles. The van der Waals surface area contributed by atoms with E-state index in [2.05, 4.69) is 54.8 Å². The van der Waals surface area contributed by atoms with Crippen molar-refractivity contribution in [2.45, 2.75) is 64.2 Å². The Bertz CT molecular complexity index is 466. The largest absolute Gasteiger partial charge is 0.292 e. The predicted molar refractivity (Wildman–Crippen MR) is 92.1 cm³/mol. The lowest BCUT2D eigenvalue weighted by atomic mass is 10.1. The van der Waals surface area contributed by atoms with Crippen LogP contribution in [0.1, 0.15) is 50.5 Å². The van der Waals surface area contributed by atoms with Gasteiger partial charge >= 0.3 is 0 Å². The van der Waals surface area contributed by atoms with E-state index in [9.17, 15) is 4.79 Å². The van der Waals surface area contributed by atoms with Crippen molar-refractivity contribution in [3.05, 3.63) is 28.5 Å². The van der Waals surface area contributed by atoms with Gasteiger partial charge in [-0.3, -0.25) is 4.79 Å². The molecule has 0 saturated carbocycles. The molecule has 20 heavy (non-hydrogen) atoms. The minimum atomic E-state index is -1.20. The second kappa shape index (κ2) is 6.99. The molecule has 0 aromatic carbocycles. The number of hydrogen-bond acceptors (Lipinski definition) is 2. The van der Waals surface area contributed by atoms with Gasteiger partial charge in [0, 0.05) is 6.42 Å². The zero-order valence-electron chi connectivity index (χ0n) is 13.3. The van der Waals surface area contributed by atoms with Gasteiger partial charge in [-0.25, -0.2) is 4.98 Å². The van der Waals surface area contributed by atoms with Crippen LogP contribution in [0.3, 0.4) is 0 Å². The third kappa shape index (κ3) is 5.13. The fourth-order valence-electron chi connectivity index (χ4n) is 1.92. The Kier molecular flexibility index (Phi) is 6.14. The highest BCUT2D eigenvalue weighted by atomic mass is 79.9. The summed E-state index contributed by atoms with van der Waals surface area (Å²) in [6.45, 7) is 11.9. The molecule has 0 unspecified atom stereocenters. The van der Waals surface area contributed by atoms with Gasteiger partial charge < -0.3 is 0 Å². The van der Waals surface area contributed by atoms with Crippen molar-refractivity contribution in [2.75, 3.05) is 0 Å². The van der Waals surface area contributed by atoms with Crippen LogP contribution in [0.5, 0.6) is 0 Å². The van der Waals surface area contributed by atoms with E-state index in [0.29, 0.717) is 17.2 Å². The monoisotopic (exact) mass is 355 g/mol. The van der Waals surface area contributed by atoms with E-state index in [1.54, 1.807) is 6.07 Å². The lowest BCUT2D eigenvalue weighted by Crippen LogP contribution is -2.36. The Morgan fingerprint density at radius 2 is 1.90 bits per heavy atom. The van der Waals surface area contributed by atoms with Crippen molar-refractivity contribution in [1.29, 1.82) is 0 Å². The summed E-state index contributed by atoms with van der Waals surface area (Å²) in [5.41, 5.74) is 0.576. The van der Waals surface area contributed by atoms with Gasteiger partial charge in [0.15, 0.2) is 5.78 Å². The Morgan fingerprint density at radius 3 is 2.45 bits per heavy atom. The molecule has 0 aliphatic heterocycles. The summed E-state index contributed by atoms with van der Waals surface area (Å²) in [6.07, 6.45) is 2.73. The standard InChI is InChI=1S/C16H26BrNOSi/c1-16(2,3)20(4,5)12-7-6-10-14(19)13-9-8-11-15(17)18-13/h8-9,11H,6-7,10,12H2,1-5H3. The molecular formula is C16H26BrNOSi. The van der Waals surface area contributed by atoms with Crippen molar-refractivity contribution in [1.82, 2.24) is 4.98 Å². The first-order chi connectivity index (χ1) is 9.13. The molecule has 0 spiro atoms. The summed E-state index contributed by atoms with van der Waals surface area (Å²) in [5, 5.41) is 0.433. The Balaban J connectivity index is 2.40. The molecule has 2 nitrogen and oxygen atoms in total. The van der Waals surface area contributed by atoms with Crippen LogP contribution in [0.15, 0.2) is 22.8 Å². The van der Waals surface area contributed by atoms with E-state index in [1.807, 2.05) is 12.1 Å². The number of Topliss-reactive ketones (excluding diaryl/α,β-unsaturated/α-hetero) is 1. The van der Waals surface area contributed by atoms with E-state index in [0.717, 1.165) is 17.4 Å². The molecule has 1 aromatic heterocycles. The number of unbranched alkanes of at least 4 members (excludes halogenated alkanes) is 1. The highest BCUT2D eigenvalue weighted by Gasteiger charge is 2.33. The Labute approximate surface area is 132 Å². The number of aromatic nitrogens is 1. The minimum absolute atomic E-state index is 0.154. The van der Waals surface area contributed by atoms with Gasteiger partial charge in [0.2, 0.25) is 0 Å². The second-order valence-corrected chi connectivity index (χ2v) is 13.7. The molecule has 112 valence electrons. The number of rotatable bonds is 6. The smallest absolute Gasteiger partial charge is 0.181 e. The van der Waals surface area contributed by atoms with Gasteiger partial charge in [-0.05, 0) is 39.5 Å². The SMILES string of the molecule is CC(C)(C)[Si](C)(C)CCCCC(=O)c1cccc(Br)n1. The molecule has 0 saturated heterocycles. The average Bonchev–Trinajstić information content (AvgIpc) is 2.33. The van der Waals surface area contributed by atoms with E-state index in [-0.39, 0.29) is 5.78 Å². The van der Waals surface area contributed by atoms with Crippen LogP contribution < -0.4 is 0 Å². The molecule has 1 rings (SSSR count). The van der Waals surface area contributed by atoms with Gasteiger partial charge in [0.25, 0.3) is 0 Å². The molecule has 0 amide bonds. The first kappa shape index (κ1) is 17.6. The summed E-state index contributed by atoms with van der Waals surface area (Å²) in [4.78, 5) is 16.3. The number of carbonyl (C=O) groups is 1. The number of nitrogens with zero attached hydrogens (tertiary/aromatic N) is 1. The van der Waals surface area contributed by atoms with Crippen LogP contribution in [0, 0.1) is 0 Å². The summed E-state index contributed by atoms with van der Waals surface area (Å²) >= 11 is 3.30. The Hall–Kier alpha value is -0.483. The van der Waals surface area contributed by atoms with Crippen LogP contribution in [-0.4, -0.2) is 18.8 Å². The van der Waals surface area contributed by atoms with Crippen LogP contribution in [-0.2, 0) is 0 Å². The van der Waals surface area contributed by atoms with Crippen LogP contribution in [0.4, 0.5) is 0 Å². The molecule has 0 N–H and O–H groups in total. The van der Waals surface area contributed by atoms with E-state index in [1.165, 1.54) is 6.04 Å². The molecule has 0 atom stereocenters. The number of ketones is 1. The maximum atomic E-state index is 12.0. The topological polar surface area (TPSA) is 30.0 Å². The number of carbonyl (C=O) groups excluding carboxylic acids is 1. The van der Waals surface area contributed by atoms with Gasteiger partial charge in [-0.1, -0.05) is 52.4 Å². The van der Waals surface area contributed by atoms with E-state index < -0.39 is 8.07 Å². The van der Waals surface area contributed by atoms with Crippen molar-refractivity contribution in [2.24, 2.45) is 0 Å². The number of pyridine rings is 1. The van der Waals surface area contributed by atoms with Crippen LogP contribution in [0.2, 0.25) is 24.2 Å². The molecule has 0 aliphatic rings. The van der Waals surface area contributed by atoms with Crippen molar-refractivity contribution >= 4 is 29.8 Å². The maximum absolute atomic E-state index is 12.0. The van der Waals surface area contributed by atoms with E-state index >= 15 is 0 Å². The third-order valence-electron chi connectivity index (χ3n) is 4.49. The van der Waals surface area contributed by atoms with Crippen molar-refractivity contribution in [3.8, 4) is 0 Å². The minimum Gasteiger partial charge on any atom is -0.292 e. The lowest BCUT2D eigenvalue weighted by molar-refractivity contribution is 0.0975. The van der Waals surface area contributed by atoms with Gasteiger partial charge in [0.1, 0.15) is 10.3 Å². The molecule has 0 aliphatic carbocycles.